The number of ether oxygens (including phenoxy) is 4. The van der Waals surface area contributed by atoms with Crippen molar-refractivity contribution < 1.29 is 42.4 Å². The Hall–Kier alpha value is -11.4. The second-order valence-electron chi connectivity index (χ2n) is 18.3. The molecule has 10 aromatic rings. The van der Waals surface area contributed by atoms with Crippen molar-refractivity contribution in [1.29, 1.82) is 0 Å². The van der Waals surface area contributed by atoms with E-state index in [1.54, 1.807) is 38.6 Å². The van der Waals surface area contributed by atoms with Crippen LogP contribution in [0, 0.1) is 11.6 Å². The number of pyridine rings is 2. The minimum Gasteiger partial charge on any atom is -0.497 e. The molecule has 0 radical (unpaired) electrons. The molecule has 0 aliphatic carbocycles. The molecule has 6 heterocycles. The summed E-state index contributed by atoms with van der Waals surface area (Å²) in [6.07, 6.45) is 14.6. The number of methoxy groups -OCH3 is 2. The van der Waals surface area contributed by atoms with Crippen LogP contribution in [0.2, 0.25) is 10.0 Å². The first-order valence-electron chi connectivity index (χ1n) is 26.3. The van der Waals surface area contributed by atoms with Gasteiger partial charge in [-0.25, -0.2) is 43.5 Å². The number of benzene rings is 4. The molecule has 0 unspecified atom stereocenters. The maximum atomic E-state index is 13.4. The standard InChI is InChI=1S/C31H25ClFN7O4.C17H16ClN5O2.C14H11FN2O3/c1-3-14-40-18-24(20-6-8-21(33)9-7-20)28(41)27(39-40)30(42)38-22-16-36-31(37-17-22)44-25-12-13-34-29(26(25)32)35-15-19-4-10-23(43-2)11-5-19;1-24-13-4-2-11(3-5-13)8-21-16-15(18)14(6-7-20-16)25-17-22-9-12(19)10-23-17;1-2-7-17-8-11(9-3-5-10(15)6-4-9)13(18)12(16-17)14(19)20/h3-13,16-18H,1,14-15H2,2H3,(H,34,35)(H,38,42);2-7,9-10H,8,19H2,1H3,(H,20,21);2-6,8H,1,7H2,(H,19,20). The van der Waals surface area contributed by atoms with Crippen LogP contribution in [0.25, 0.3) is 22.3 Å². The molecule has 0 aliphatic rings. The van der Waals surface area contributed by atoms with Crippen molar-refractivity contribution in [2.24, 2.45) is 0 Å². The van der Waals surface area contributed by atoms with Crippen molar-refractivity contribution >= 4 is 58.1 Å². The van der Waals surface area contributed by atoms with Gasteiger partial charge in [-0.1, -0.05) is 83.9 Å². The predicted octanol–water partition coefficient (Wildman–Crippen LogP) is 11.2. The fourth-order valence-electron chi connectivity index (χ4n) is 7.80. The summed E-state index contributed by atoms with van der Waals surface area (Å²) in [5, 5.41) is 26.4. The number of amides is 1. The number of allylic oxidation sites excluding steroid dienone is 2. The lowest BCUT2D eigenvalue weighted by molar-refractivity contribution is 0.0685. The van der Waals surface area contributed by atoms with E-state index in [4.69, 9.17) is 53.0 Å². The normalized spacial score (nSPS) is 10.4. The molecule has 23 nitrogen and oxygen atoms in total. The lowest BCUT2D eigenvalue weighted by atomic mass is 10.1. The summed E-state index contributed by atoms with van der Waals surface area (Å²) in [4.78, 5) is 74.1. The van der Waals surface area contributed by atoms with E-state index in [2.05, 4.69) is 69.2 Å². The van der Waals surface area contributed by atoms with Gasteiger partial charge in [0.1, 0.15) is 44.8 Å². The molecule has 1 amide bonds. The molecule has 0 saturated heterocycles. The number of aromatic carboxylic acids is 1. The number of anilines is 4. The second kappa shape index (κ2) is 30.6. The number of carboxylic acids is 1. The largest absolute Gasteiger partial charge is 0.497 e. The summed E-state index contributed by atoms with van der Waals surface area (Å²) in [7, 11) is 3.24. The predicted molar refractivity (Wildman–Crippen MR) is 331 cm³/mol. The number of carboxylic acid groups (broad SMARTS) is 1. The average molecular weight is 1250 g/mol. The van der Waals surface area contributed by atoms with Crippen molar-refractivity contribution in [1.82, 2.24) is 49.5 Å². The Bertz CT molecular complexity index is 4230. The van der Waals surface area contributed by atoms with E-state index < -0.39 is 40.1 Å². The molecule has 0 spiro atoms. The molecule has 0 aliphatic heterocycles. The second-order valence-corrected chi connectivity index (χ2v) is 19.1. The van der Waals surface area contributed by atoms with Crippen LogP contribution in [0.4, 0.5) is 31.8 Å². The van der Waals surface area contributed by atoms with Crippen LogP contribution in [-0.2, 0) is 26.2 Å². The molecule has 0 bridgehead atoms. The first-order chi connectivity index (χ1) is 43.0. The number of nitrogens with zero attached hydrogens (tertiary/aromatic N) is 10. The van der Waals surface area contributed by atoms with Gasteiger partial charge in [-0.3, -0.25) is 23.7 Å². The highest BCUT2D eigenvalue weighted by atomic mass is 35.5. The van der Waals surface area contributed by atoms with Crippen molar-refractivity contribution in [2.75, 3.05) is 35.9 Å². The van der Waals surface area contributed by atoms with Gasteiger partial charge in [0.15, 0.2) is 17.2 Å². The van der Waals surface area contributed by atoms with Gasteiger partial charge in [0.05, 0.1) is 63.5 Å². The Morgan fingerprint density at radius 2 is 1.00 bits per heavy atom. The minimum atomic E-state index is -1.41. The zero-order valence-corrected chi connectivity index (χ0v) is 48.7. The van der Waals surface area contributed by atoms with E-state index in [0.717, 1.165) is 22.6 Å². The number of carbonyl (C=O) groups excluding carboxylic acids is 1. The molecule has 6 aromatic heterocycles. The highest BCUT2D eigenvalue weighted by molar-refractivity contribution is 6.34. The third-order valence-corrected chi connectivity index (χ3v) is 12.9. The molecule has 89 heavy (non-hydrogen) atoms. The Kier molecular flexibility index (Phi) is 21.8. The SMILES string of the molecule is C=CCn1cc(-c2ccc(F)cc2)c(=O)c(C(=O)Nc2cnc(Oc3ccnc(NCc4ccc(OC)cc4)c3Cl)nc2)n1.C=CCn1cc(-c2ccc(F)cc2)c(=O)c(C(=O)O)n1.COc1ccc(CNc2nccc(Oc3ncc(N)cn3)c2Cl)cc1. The zero-order chi connectivity index (χ0) is 63.4. The van der Waals surface area contributed by atoms with Crippen LogP contribution in [0.5, 0.6) is 35.0 Å². The molecule has 10 rings (SSSR count). The van der Waals surface area contributed by atoms with Crippen LogP contribution in [0.1, 0.15) is 32.1 Å². The van der Waals surface area contributed by atoms with Crippen LogP contribution in [0.3, 0.4) is 0 Å². The summed E-state index contributed by atoms with van der Waals surface area (Å²) in [5.41, 5.74) is 7.17. The van der Waals surface area contributed by atoms with Gasteiger partial charge in [0, 0.05) is 61.1 Å². The highest BCUT2D eigenvalue weighted by Gasteiger charge is 2.21. The third-order valence-electron chi connectivity index (χ3n) is 12.2. The number of carbonyl (C=O) groups is 2. The van der Waals surface area contributed by atoms with Gasteiger partial charge in [-0.05, 0) is 70.8 Å². The first-order valence-corrected chi connectivity index (χ1v) is 27.1. The maximum Gasteiger partial charge on any atom is 0.360 e. The number of nitrogens with two attached hydrogens (primary N) is 1. The van der Waals surface area contributed by atoms with Crippen LogP contribution < -0.4 is 51.5 Å². The van der Waals surface area contributed by atoms with Crippen molar-refractivity contribution in [3.8, 4) is 57.3 Å². The van der Waals surface area contributed by atoms with Crippen LogP contribution >= 0.6 is 23.2 Å². The summed E-state index contributed by atoms with van der Waals surface area (Å²) in [5.74, 6) is 0.0610. The molecular weight excluding hydrogens is 1190 g/mol. The van der Waals surface area contributed by atoms with Crippen LogP contribution in [-0.4, -0.2) is 80.7 Å². The molecule has 27 heteroatoms. The molecule has 0 atom stereocenters. The summed E-state index contributed by atoms with van der Waals surface area (Å²) < 4.78 is 50.7. The Morgan fingerprint density at radius 3 is 1.40 bits per heavy atom. The van der Waals surface area contributed by atoms with Gasteiger partial charge in [0.2, 0.25) is 16.6 Å². The summed E-state index contributed by atoms with van der Waals surface area (Å²) in [6, 6.07) is 29.2. The van der Waals surface area contributed by atoms with E-state index in [0.29, 0.717) is 52.3 Å². The minimum absolute atomic E-state index is 0.0398. The third kappa shape index (κ3) is 17.4. The van der Waals surface area contributed by atoms with Gasteiger partial charge < -0.3 is 45.7 Å². The number of hydrogen-bond acceptors (Lipinski definition) is 19. The number of hydrogen-bond donors (Lipinski definition) is 5. The van der Waals surface area contributed by atoms with Crippen molar-refractivity contribution in [2.45, 2.75) is 26.2 Å². The number of aromatic nitrogens is 10. The Balaban J connectivity index is 0.000000191. The summed E-state index contributed by atoms with van der Waals surface area (Å²) in [6.45, 7) is 8.72. The number of nitrogens with one attached hydrogen (secondary N) is 3. The van der Waals surface area contributed by atoms with Crippen LogP contribution in [0.15, 0.2) is 194 Å². The molecule has 4 aromatic carbocycles. The van der Waals surface area contributed by atoms with E-state index in [1.807, 2.05) is 48.5 Å². The summed E-state index contributed by atoms with van der Waals surface area (Å²) >= 11 is 12.9. The number of halogens is 4. The quantitative estimate of drug-likeness (QED) is 0.0418. The Morgan fingerprint density at radius 1 is 0.596 bits per heavy atom. The van der Waals surface area contributed by atoms with Gasteiger partial charge in [-0.2, -0.15) is 10.2 Å². The Labute approximate surface area is 515 Å². The molecular formula is C62H52Cl2F2N14O9. The number of rotatable bonds is 21. The molecule has 452 valence electrons. The van der Waals surface area contributed by atoms with Gasteiger partial charge in [0.25, 0.3) is 5.91 Å². The fourth-order valence-corrected chi connectivity index (χ4v) is 8.23. The monoisotopic (exact) mass is 1240 g/mol. The topological polar surface area (TPSA) is 301 Å². The van der Waals surface area contributed by atoms with Gasteiger partial charge >= 0.3 is 18.0 Å². The highest BCUT2D eigenvalue weighted by Crippen LogP contribution is 2.34. The van der Waals surface area contributed by atoms with E-state index >= 15 is 0 Å². The average Bonchev–Trinajstić information content (AvgIpc) is 3.18. The van der Waals surface area contributed by atoms with Crippen molar-refractivity contribution in [3.05, 3.63) is 249 Å². The lowest BCUT2D eigenvalue weighted by Crippen LogP contribution is -2.27. The molecule has 0 fully saturated rings. The van der Waals surface area contributed by atoms with E-state index in [1.165, 1.54) is 107 Å². The van der Waals surface area contributed by atoms with E-state index in [-0.39, 0.29) is 58.4 Å². The van der Waals surface area contributed by atoms with Gasteiger partial charge in [-0.15, -0.1) is 13.2 Å². The van der Waals surface area contributed by atoms with E-state index in [9.17, 15) is 28.0 Å². The molecule has 6 N–H and O–H groups in total. The first kappa shape index (κ1) is 63.6. The fraction of sp³-hybridized carbons (Fsp3) is 0.0968. The molecule has 0 saturated carbocycles. The van der Waals surface area contributed by atoms with Crippen molar-refractivity contribution in [3.63, 3.8) is 0 Å². The maximum absolute atomic E-state index is 13.4. The number of nitrogen functional groups attached to an aromatic ring is 1. The smallest absolute Gasteiger partial charge is 0.360 e. The lowest BCUT2D eigenvalue weighted by Gasteiger charge is -2.12. The zero-order valence-electron chi connectivity index (χ0n) is 47.2.